The average molecular weight is 251 g/mol. The van der Waals surface area contributed by atoms with Crippen LogP contribution in [0.1, 0.15) is 16.8 Å². The van der Waals surface area contributed by atoms with Gasteiger partial charge < -0.3 is 9.47 Å². The van der Waals surface area contributed by atoms with Crippen LogP contribution in [0, 0.1) is 10.1 Å². The summed E-state index contributed by atoms with van der Waals surface area (Å²) >= 11 is 0. The number of hydrogen-bond donors (Lipinski definition) is 0. The molecule has 0 spiro atoms. The zero-order valence-corrected chi connectivity index (χ0v) is 9.20. The van der Waals surface area contributed by atoms with Crippen molar-refractivity contribution in [3.8, 4) is 5.75 Å². The van der Waals surface area contributed by atoms with Crippen LogP contribution in [-0.4, -0.2) is 29.9 Å². The Bertz CT molecular complexity index is 512. The molecule has 1 atom stereocenters. The monoisotopic (exact) mass is 251 g/mol. The van der Waals surface area contributed by atoms with Crippen molar-refractivity contribution in [1.29, 1.82) is 0 Å². The summed E-state index contributed by atoms with van der Waals surface area (Å²) in [5.74, 6) is -0.658. The first-order valence-electron chi connectivity index (χ1n) is 5.18. The minimum Gasteiger partial charge on any atom is -0.471 e. The van der Waals surface area contributed by atoms with E-state index in [1.165, 1.54) is 18.2 Å². The zero-order valence-electron chi connectivity index (χ0n) is 9.20. The van der Waals surface area contributed by atoms with Crippen LogP contribution in [0.2, 0.25) is 0 Å². The number of hydrogen-bond acceptors (Lipinski definition) is 6. The van der Waals surface area contributed by atoms with Crippen molar-refractivity contribution in [2.24, 2.45) is 0 Å². The lowest BCUT2D eigenvalue weighted by Gasteiger charge is -2.10. The lowest BCUT2D eigenvalue weighted by molar-refractivity contribution is -0.386. The second-order valence-corrected chi connectivity index (χ2v) is 3.66. The summed E-state index contributed by atoms with van der Waals surface area (Å²) in [6.07, 6.45) is 0.0239. The molecule has 1 heterocycles. The first-order chi connectivity index (χ1) is 8.61. The Balaban J connectivity index is 2.31. The molecule has 7 heteroatoms. The number of aldehydes is 1. The number of rotatable bonds is 4. The molecule has 18 heavy (non-hydrogen) atoms. The number of nitrogens with zero attached hydrogens (tertiary/aromatic N) is 1. The normalized spacial score (nSPS) is 18.2. The number of ether oxygens (including phenoxy) is 2. The highest BCUT2D eigenvalue weighted by Gasteiger charge is 2.30. The van der Waals surface area contributed by atoms with E-state index in [9.17, 15) is 19.7 Å². The first kappa shape index (κ1) is 12.0. The summed E-state index contributed by atoms with van der Waals surface area (Å²) in [7, 11) is 0. The van der Waals surface area contributed by atoms with E-state index >= 15 is 0 Å². The quantitative estimate of drug-likeness (QED) is 0.344. The van der Waals surface area contributed by atoms with Gasteiger partial charge in [-0.3, -0.25) is 14.9 Å². The molecule has 0 saturated carbocycles. The Hall–Kier alpha value is -2.44. The molecule has 0 N–H and O–H groups in total. The molecule has 1 unspecified atom stereocenters. The molecule has 1 aromatic carbocycles. The number of cyclic esters (lactones) is 1. The van der Waals surface area contributed by atoms with Gasteiger partial charge >= 0.3 is 11.7 Å². The minimum atomic E-state index is -0.856. The van der Waals surface area contributed by atoms with Gasteiger partial charge in [-0.2, -0.15) is 0 Å². The molecule has 0 amide bonds. The fourth-order valence-corrected chi connectivity index (χ4v) is 1.59. The molecule has 0 aliphatic carbocycles. The van der Waals surface area contributed by atoms with E-state index in [1.807, 2.05) is 0 Å². The largest absolute Gasteiger partial charge is 0.471 e. The molecular weight excluding hydrogens is 242 g/mol. The highest BCUT2D eigenvalue weighted by atomic mass is 16.6. The predicted octanol–water partition coefficient (Wildman–Crippen LogP) is 1.10. The first-order valence-corrected chi connectivity index (χ1v) is 5.18. The van der Waals surface area contributed by atoms with Gasteiger partial charge in [0.2, 0.25) is 0 Å². The van der Waals surface area contributed by atoms with Gasteiger partial charge in [-0.1, -0.05) is 0 Å². The van der Waals surface area contributed by atoms with Crippen LogP contribution in [0.15, 0.2) is 18.2 Å². The van der Waals surface area contributed by atoms with Crippen molar-refractivity contribution < 1.29 is 24.0 Å². The molecule has 1 saturated heterocycles. The van der Waals surface area contributed by atoms with E-state index in [-0.39, 0.29) is 23.6 Å². The van der Waals surface area contributed by atoms with Crippen molar-refractivity contribution in [2.45, 2.75) is 12.5 Å². The molecule has 0 aromatic heterocycles. The molecule has 2 rings (SSSR count). The van der Waals surface area contributed by atoms with Crippen LogP contribution in [0.25, 0.3) is 0 Å². The molecule has 94 valence electrons. The van der Waals surface area contributed by atoms with E-state index in [1.54, 1.807) is 0 Å². The number of esters is 1. The topological polar surface area (TPSA) is 95.7 Å². The fourth-order valence-electron chi connectivity index (χ4n) is 1.59. The Morgan fingerprint density at radius 3 is 2.83 bits per heavy atom. The molecule has 0 radical (unpaired) electrons. The summed E-state index contributed by atoms with van der Waals surface area (Å²) in [5.41, 5.74) is -0.0535. The summed E-state index contributed by atoms with van der Waals surface area (Å²) in [4.78, 5) is 32.0. The van der Waals surface area contributed by atoms with Gasteiger partial charge in [0, 0.05) is 18.1 Å². The molecule has 1 aromatic rings. The van der Waals surface area contributed by atoms with Crippen LogP contribution >= 0.6 is 0 Å². The summed E-state index contributed by atoms with van der Waals surface area (Å²) in [6, 6.07) is 3.71. The number of carbonyl (C=O) groups excluding carboxylic acids is 2. The predicted molar refractivity (Wildman–Crippen MR) is 58.5 cm³/mol. The van der Waals surface area contributed by atoms with E-state index in [0.29, 0.717) is 12.7 Å². The number of benzene rings is 1. The van der Waals surface area contributed by atoms with Crippen LogP contribution in [-0.2, 0) is 9.53 Å². The van der Waals surface area contributed by atoms with E-state index in [4.69, 9.17) is 9.47 Å². The third kappa shape index (κ3) is 2.29. The fraction of sp³-hybridized carbons (Fsp3) is 0.273. The molecule has 1 fully saturated rings. The minimum absolute atomic E-state index is 0.103. The third-order valence-electron chi connectivity index (χ3n) is 2.47. The second-order valence-electron chi connectivity index (χ2n) is 3.66. The standard InChI is InChI=1S/C11H9NO6/c13-6-7-1-2-8(12(15)16)10(5-7)18-9-3-4-17-11(9)14/h1-2,5-6,9H,3-4H2. The van der Waals surface area contributed by atoms with Crippen molar-refractivity contribution in [1.82, 2.24) is 0 Å². The zero-order chi connectivity index (χ0) is 13.1. The maximum Gasteiger partial charge on any atom is 0.347 e. The van der Waals surface area contributed by atoms with E-state index in [2.05, 4.69) is 0 Å². The third-order valence-corrected chi connectivity index (χ3v) is 2.47. The van der Waals surface area contributed by atoms with E-state index < -0.39 is 17.0 Å². The maximum absolute atomic E-state index is 11.2. The van der Waals surface area contributed by atoms with Crippen LogP contribution in [0.3, 0.4) is 0 Å². The van der Waals surface area contributed by atoms with Gasteiger partial charge in [-0.25, -0.2) is 4.79 Å². The van der Waals surface area contributed by atoms with E-state index in [0.717, 1.165) is 0 Å². The Labute approximate surface area is 101 Å². The summed E-state index contributed by atoms with van der Waals surface area (Å²) < 4.78 is 9.94. The van der Waals surface area contributed by atoms with Crippen LogP contribution < -0.4 is 4.74 Å². The maximum atomic E-state index is 11.2. The highest BCUT2D eigenvalue weighted by molar-refractivity contribution is 5.78. The second kappa shape index (κ2) is 4.82. The number of carbonyl (C=O) groups is 2. The Kier molecular flexibility index (Phi) is 3.22. The van der Waals surface area contributed by atoms with Crippen molar-refractivity contribution >= 4 is 17.9 Å². The highest BCUT2D eigenvalue weighted by Crippen LogP contribution is 2.29. The van der Waals surface area contributed by atoms with Gasteiger partial charge in [-0.15, -0.1) is 0 Å². The molecule has 7 nitrogen and oxygen atoms in total. The summed E-state index contributed by atoms with van der Waals surface area (Å²) in [5, 5.41) is 10.8. The molecular formula is C11H9NO6. The van der Waals surface area contributed by atoms with Crippen LogP contribution in [0.4, 0.5) is 5.69 Å². The van der Waals surface area contributed by atoms with Gasteiger partial charge in [0.05, 0.1) is 11.5 Å². The van der Waals surface area contributed by atoms with Gasteiger partial charge in [0.15, 0.2) is 11.9 Å². The van der Waals surface area contributed by atoms with Crippen LogP contribution in [0.5, 0.6) is 5.75 Å². The number of nitro benzene ring substituents is 1. The molecule has 1 aliphatic heterocycles. The van der Waals surface area contributed by atoms with Crippen molar-refractivity contribution in [3.05, 3.63) is 33.9 Å². The van der Waals surface area contributed by atoms with Gasteiger partial charge in [0.1, 0.15) is 6.29 Å². The van der Waals surface area contributed by atoms with Gasteiger partial charge in [-0.05, 0) is 12.1 Å². The molecule has 1 aliphatic rings. The molecule has 0 bridgehead atoms. The Morgan fingerprint density at radius 2 is 2.28 bits per heavy atom. The van der Waals surface area contributed by atoms with Crippen molar-refractivity contribution in [3.63, 3.8) is 0 Å². The lowest BCUT2D eigenvalue weighted by Crippen LogP contribution is -2.22. The SMILES string of the molecule is O=Cc1ccc([N+](=O)[O-])c(OC2CCOC2=O)c1. The average Bonchev–Trinajstić information content (AvgIpc) is 2.74. The van der Waals surface area contributed by atoms with Gasteiger partial charge in [0.25, 0.3) is 0 Å². The Morgan fingerprint density at radius 1 is 1.50 bits per heavy atom. The lowest BCUT2D eigenvalue weighted by atomic mass is 10.2. The van der Waals surface area contributed by atoms with Crippen molar-refractivity contribution in [2.75, 3.05) is 6.61 Å². The summed E-state index contributed by atoms with van der Waals surface area (Å²) in [6.45, 7) is 0.227. The smallest absolute Gasteiger partial charge is 0.347 e. The number of nitro groups is 1.